The van der Waals surface area contributed by atoms with Crippen LogP contribution in [0.5, 0.6) is 5.75 Å². The van der Waals surface area contributed by atoms with E-state index >= 15 is 0 Å². The van der Waals surface area contributed by atoms with Gasteiger partial charge in [0.05, 0.1) is 0 Å². The molecule has 104 valence electrons. The average molecular weight is 291 g/mol. The minimum absolute atomic E-state index is 0.0236. The van der Waals surface area contributed by atoms with Crippen LogP contribution in [-0.2, 0) is 14.9 Å². The van der Waals surface area contributed by atoms with E-state index in [9.17, 15) is 13.2 Å². The molecule has 6 heteroatoms. The first-order valence-electron chi connectivity index (χ1n) is 5.84. The molecule has 0 fully saturated rings. The lowest BCUT2D eigenvalue weighted by Crippen LogP contribution is -2.10. The highest BCUT2D eigenvalue weighted by molar-refractivity contribution is 7.87. The summed E-state index contributed by atoms with van der Waals surface area (Å²) in [6.45, 7) is 1.38. The zero-order chi connectivity index (χ0) is 14.6. The molecule has 0 spiro atoms. The van der Waals surface area contributed by atoms with Crippen LogP contribution in [0.15, 0.2) is 59.5 Å². The van der Waals surface area contributed by atoms with Crippen LogP contribution in [0.2, 0.25) is 0 Å². The second-order valence-corrected chi connectivity index (χ2v) is 5.60. The molecule has 0 aliphatic carbocycles. The Bertz CT molecular complexity index is 694. The summed E-state index contributed by atoms with van der Waals surface area (Å²) < 4.78 is 29.0. The Morgan fingerprint density at radius 2 is 1.60 bits per heavy atom. The van der Waals surface area contributed by atoms with Crippen LogP contribution in [0, 0.1) is 0 Å². The van der Waals surface area contributed by atoms with Gasteiger partial charge in [-0.05, 0) is 36.4 Å². The third kappa shape index (κ3) is 3.58. The maximum absolute atomic E-state index is 12.0. The van der Waals surface area contributed by atoms with Gasteiger partial charge in [-0.3, -0.25) is 4.79 Å². The Morgan fingerprint density at radius 3 is 2.15 bits per heavy atom. The van der Waals surface area contributed by atoms with Crippen LogP contribution in [0.25, 0.3) is 0 Å². The topological polar surface area (TPSA) is 72.5 Å². The van der Waals surface area contributed by atoms with Gasteiger partial charge in [0, 0.05) is 12.6 Å². The third-order valence-corrected chi connectivity index (χ3v) is 3.67. The molecule has 0 saturated carbocycles. The van der Waals surface area contributed by atoms with E-state index in [1.54, 1.807) is 30.3 Å². The van der Waals surface area contributed by atoms with Crippen molar-refractivity contribution in [3.05, 3.63) is 54.6 Å². The van der Waals surface area contributed by atoms with Gasteiger partial charge in [-0.2, -0.15) is 8.42 Å². The highest BCUT2D eigenvalue weighted by Crippen LogP contribution is 2.19. The van der Waals surface area contributed by atoms with Crippen LogP contribution in [0.4, 0.5) is 5.69 Å². The highest BCUT2D eigenvalue weighted by atomic mass is 32.2. The first-order chi connectivity index (χ1) is 9.47. The van der Waals surface area contributed by atoms with E-state index in [0.29, 0.717) is 5.69 Å². The molecule has 5 nitrogen and oxygen atoms in total. The van der Waals surface area contributed by atoms with E-state index in [4.69, 9.17) is 4.18 Å². The molecule has 0 aliphatic rings. The highest BCUT2D eigenvalue weighted by Gasteiger charge is 2.16. The molecule has 0 unspecified atom stereocenters. The van der Waals surface area contributed by atoms with E-state index in [-0.39, 0.29) is 16.6 Å². The zero-order valence-electron chi connectivity index (χ0n) is 10.7. The number of nitrogens with one attached hydrogen (secondary N) is 1. The molecule has 0 saturated heterocycles. The fourth-order valence-corrected chi connectivity index (χ4v) is 2.49. The Kier molecular flexibility index (Phi) is 4.05. The summed E-state index contributed by atoms with van der Waals surface area (Å²) in [4.78, 5) is 10.9. The molecular weight excluding hydrogens is 278 g/mol. The molecule has 0 aromatic heterocycles. The Balaban J connectivity index is 2.19. The largest absolute Gasteiger partial charge is 0.379 e. The lowest BCUT2D eigenvalue weighted by Gasteiger charge is -2.07. The standard InChI is InChI=1S/C14H13NO4S/c1-11(16)15-12-7-9-14(10-8-12)20(17,18)19-13-5-3-2-4-6-13/h2-10H,1H3,(H,15,16). The summed E-state index contributed by atoms with van der Waals surface area (Å²) in [6, 6.07) is 14.0. The number of amides is 1. The Hall–Kier alpha value is -2.34. The van der Waals surface area contributed by atoms with Gasteiger partial charge >= 0.3 is 10.1 Å². The van der Waals surface area contributed by atoms with E-state index < -0.39 is 10.1 Å². The van der Waals surface area contributed by atoms with Crippen molar-refractivity contribution in [1.29, 1.82) is 0 Å². The van der Waals surface area contributed by atoms with Crippen molar-refractivity contribution in [2.45, 2.75) is 11.8 Å². The van der Waals surface area contributed by atoms with E-state index in [1.165, 1.54) is 31.2 Å². The number of rotatable bonds is 4. The van der Waals surface area contributed by atoms with Gasteiger partial charge in [-0.15, -0.1) is 0 Å². The molecule has 2 aromatic rings. The zero-order valence-corrected chi connectivity index (χ0v) is 11.6. The number of hydrogen-bond acceptors (Lipinski definition) is 4. The van der Waals surface area contributed by atoms with Gasteiger partial charge in [0.2, 0.25) is 5.91 Å². The lowest BCUT2D eigenvalue weighted by molar-refractivity contribution is -0.114. The molecule has 20 heavy (non-hydrogen) atoms. The van der Waals surface area contributed by atoms with Gasteiger partial charge in [-0.1, -0.05) is 18.2 Å². The second-order valence-electron chi connectivity index (χ2n) is 4.06. The molecule has 0 aliphatic heterocycles. The van der Waals surface area contributed by atoms with Crippen LogP contribution in [0.1, 0.15) is 6.92 Å². The lowest BCUT2D eigenvalue weighted by atomic mass is 10.3. The number of carbonyl (C=O) groups excluding carboxylic acids is 1. The van der Waals surface area contributed by atoms with Crippen molar-refractivity contribution in [3.63, 3.8) is 0 Å². The first-order valence-corrected chi connectivity index (χ1v) is 7.25. The molecule has 0 radical (unpaired) electrons. The smallest absolute Gasteiger partial charge is 0.339 e. The summed E-state index contributed by atoms with van der Waals surface area (Å²) in [5.74, 6) is 0.0274. The maximum Gasteiger partial charge on any atom is 0.339 e. The molecule has 1 amide bonds. The molecule has 0 heterocycles. The summed E-state index contributed by atoms with van der Waals surface area (Å²) >= 11 is 0. The Labute approximate surface area is 117 Å². The molecule has 2 aromatic carbocycles. The van der Waals surface area contributed by atoms with Gasteiger partial charge in [-0.25, -0.2) is 0 Å². The molecule has 0 bridgehead atoms. The molecular formula is C14H13NO4S. The van der Waals surface area contributed by atoms with Crippen molar-refractivity contribution >= 4 is 21.7 Å². The minimum atomic E-state index is -3.87. The van der Waals surface area contributed by atoms with Crippen LogP contribution >= 0.6 is 0 Å². The van der Waals surface area contributed by atoms with Crippen LogP contribution in [-0.4, -0.2) is 14.3 Å². The summed E-state index contributed by atoms with van der Waals surface area (Å²) in [5.41, 5.74) is 0.524. The number of hydrogen-bond donors (Lipinski definition) is 1. The van der Waals surface area contributed by atoms with E-state index in [2.05, 4.69) is 5.32 Å². The Morgan fingerprint density at radius 1 is 1.00 bits per heavy atom. The predicted molar refractivity (Wildman–Crippen MR) is 75.0 cm³/mol. The first kappa shape index (κ1) is 14.1. The third-order valence-electron chi connectivity index (χ3n) is 2.41. The summed E-state index contributed by atoms with van der Waals surface area (Å²) in [6.07, 6.45) is 0. The predicted octanol–water partition coefficient (Wildman–Crippen LogP) is 2.41. The fraction of sp³-hybridized carbons (Fsp3) is 0.0714. The van der Waals surface area contributed by atoms with Gasteiger partial charge < -0.3 is 9.50 Å². The van der Waals surface area contributed by atoms with Gasteiger partial charge in [0.1, 0.15) is 10.6 Å². The summed E-state index contributed by atoms with van der Waals surface area (Å²) in [7, 11) is -3.87. The number of para-hydroxylation sites is 1. The average Bonchev–Trinajstić information content (AvgIpc) is 2.39. The molecule has 0 atom stereocenters. The summed E-state index contributed by atoms with van der Waals surface area (Å²) in [5, 5.41) is 2.56. The molecule has 1 N–H and O–H groups in total. The number of anilines is 1. The minimum Gasteiger partial charge on any atom is -0.379 e. The van der Waals surface area contributed by atoms with E-state index in [1.807, 2.05) is 0 Å². The van der Waals surface area contributed by atoms with Gasteiger partial charge in [0.25, 0.3) is 0 Å². The number of carbonyl (C=O) groups is 1. The second kappa shape index (κ2) is 5.75. The molecule has 2 rings (SSSR count). The van der Waals surface area contributed by atoms with Crippen molar-refractivity contribution in [2.75, 3.05) is 5.32 Å². The van der Waals surface area contributed by atoms with Crippen LogP contribution < -0.4 is 9.50 Å². The SMILES string of the molecule is CC(=O)Nc1ccc(S(=O)(=O)Oc2ccccc2)cc1. The van der Waals surface area contributed by atoms with Crippen molar-refractivity contribution in [2.24, 2.45) is 0 Å². The fourth-order valence-electron chi connectivity index (χ4n) is 1.56. The van der Waals surface area contributed by atoms with Crippen molar-refractivity contribution < 1.29 is 17.4 Å². The number of benzene rings is 2. The maximum atomic E-state index is 12.0. The van der Waals surface area contributed by atoms with Crippen LogP contribution in [0.3, 0.4) is 0 Å². The van der Waals surface area contributed by atoms with E-state index in [0.717, 1.165) is 0 Å². The van der Waals surface area contributed by atoms with Gasteiger partial charge in [0.15, 0.2) is 0 Å². The normalized spacial score (nSPS) is 10.8. The van der Waals surface area contributed by atoms with Crippen molar-refractivity contribution in [3.8, 4) is 5.75 Å². The van der Waals surface area contributed by atoms with Crippen molar-refractivity contribution in [1.82, 2.24) is 0 Å². The quantitative estimate of drug-likeness (QED) is 0.878. The monoisotopic (exact) mass is 291 g/mol.